The summed E-state index contributed by atoms with van der Waals surface area (Å²) in [6.45, 7) is 7.67. The largest absolute Gasteiger partial charge is 0.446 e. The predicted molar refractivity (Wildman–Crippen MR) is 146 cm³/mol. The number of hydrogen-bond donors (Lipinski definition) is 4. The molecule has 12 heteroatoms. The summed E-state index contributed by atoms with van der Waals surface area (Å²) in [6, 6.07) is 13.4. The topological polar surface area (TPSA) is 181 Å². The van der Waals surface area contributed by atoms with Gasteiger partial charge in [-0.25, -0.2) is 9.59 Å². The maximum Gasteiger partial charge on any atom is 0.421 e. The molecule has 0 aliphatic heterocycles. The molecule has 0 aliphatic carbocycles. The van der Waals surface area contributed by atoms with Gasteiger partial charge in [-0.05, 0) is 36.1 Å². The first kappa shape index (κ1) is 31.5. The van der Waals surface area contributed by atoms with Crippen molar-refractivity contribution >= 4 is 23.8 Å². The van der Waals surface area contributed by atoms with Crippen LogP contribution in [0.1, 0.15) is 11.1 Å². The Hall–Kier alpha value is -4.68. The average Bonchev–Trinajstić information content (AvgIpc) is 2.95. The van der Waals surface area contributed by atoms with Gasteiger partial charge in [0.25, 0.3) is 0 Å². The Bertz CT molecular complexity index is 1090. The minimum absolute atomic E-state index is 0.0519. The Labute approximate surface area is 232 Å². The average molecular weight is 555 g/mol. The van der Waals surface area contributed by atoms with Crippen LogP contribution >= 0.6 is 0 Å². The second-order valence-electron chi connectivity index (χ2n) is 8.07. The molecule has 6 N–H and O–H groups in total. The Kier molecular flexibility index (Phi) is 13.4. The number of hydrogen-bond acceptors (Lipinski definition) is 10. The van der Waals surface area contributed by atoms with Crippen LogP contribution in [0.3, 0.4) is 0 Å². The lowest BCUT2D eigenvalue weighted by atomic mass is 10.1. The normalized spacial score (nSPS) is 11.8. The number of ether oxygens (including phenoxy) is 4. The van der Waals surface area contributed by atoms with Crippen LogP contribution in [0.15, 0.2) is 73.8 Å². The van der Waals surface area contributed by atoms with Gasteiger partial charge in [-0.1, -0.05) is 48.6 Å². The summed E-state index contributed by atoms with van der Waals surface area (Å²) in [5.41, 5.74) is 12.2. The number of carbonyl (C=O) groups excluding carboxylic acids is 4. The zero-order valence-electron chi connectivity index (χ0n) is 22.0. The molecule has 2 amide bonds. The molecule has 0 fully saturated rings. The van der Waals surface area contributed by atoms with Gasteiger partial charge < -0.3 is 41.0 Å². The van der Waals surface area contributed by atoms with Gasteiger partial charge in [-0.3, -0.25) is 9.59 Å². The summed E-state index contributed by atoms with van der Waals surface area (Å²) < 4.78 is 21.4. The molecule has 0 heterocycles. The van der Waals surface area contributed by atoms with Gasteiger partial charge in [0.15, 0.2) is 0 Å². The fourth-order valence-electron chi connectivity index (χ4n) is 3.23. The molecule has 0 aromatic heterocycles. The van der Waals surface area contributed by atoms with Crippen molar-refractivity contribution in [3.8, 4) is 11.5 Å². The van der Waals surface area contributed by atoms with Crippen LogP contribution in [0.25, 0.3) is 0 Å². The Morgan fingerprint density at radius 3 is 1.43 bits per heavy atom. The van der Waals surface area contributed by atoms with E-state index < -0.39 is 36.3 Å². The van der Waals surface area contributed by atoms with Gasteiger partial charge >= 0.3 is 36.3 Å². The summed E-state index contributed by atoms with van der Waals surface area (Å²) in [5.74, 6) is -4.50. The van der Waals surface area contributed by atoms with Crippen LogP contribution in [0, 0.1) is 0 Å². The van der Waals surface area contributed by atoms with Crippen LogP contribution in [0.2, 0.25) is 0 Å². The maximum absolute atomic E-state index is 12.7. The molecule has 2 unspecified atom stereocenters. The minimum atomic E-state index is -1.88. The van der Waals surface area contributed by atoms with Crippen LogP contribution in [0.4, 0.5) is 0 Å². The Morgan fingerprint density at radius 1 is 0.700 bits per heavy atom. The fraction of sp³-hybridized carbons (Fsp3) is 0.286. The smallest absolute Gasteiger partial charge is 0.421 e. The number of allylic oxidation sites excluding steroid dienone is 2. The molecular weight excluding hydrogens is 520 g/mol. The minimum Gasteiger partial charge on any atom is -0.446 e. The standard InChI is InChI=1S/C28H34N4O8/c1-3-9-19-11-5-7-13-21(19)37-27(23(33)31-17-15-29)39-25(35)26(36)40-28(24(34)32-18-16-30)38-22-14-8-6-12-20(22)10-4-2/h3-8,11-14,27-28H,1-2,9-10,15-18,29-30H2,(H,31,33)(H,32,34). The van der Waals surface area contributed by atoms with Crippen molar-refractivity contribution in [3.63, 3.8) is 0 Å². The molecule has 2 aromatic carbocycles. The number of rotatable bonds is 16. The van der Waals surface area contributed by atoms with Crippen molar-refractivity contribution in [1.82, 2.24) is 10.6 Å². The van der Waals surface area contributed by atoms with Gasteiger partial charge in [0.05, 0.1) is 0 Å². The van der Waals surface area contributed by atoms with Gasteiger partial charge in [-0.15, -0.1) is 13.2 Å². The van der Waals surface area contributed by atoms with Crippen LogP contribution in [-0.2, 0) is 41.5 Å². The molecule has 40 heavy (non-hydrogen) atoms. The number of nitrogens with two attached hydrogens (primary N) is 2. The molecule has 214 valence electrons. The maximum atomic E-state index is 12.7. The summed E-state index contributed by atoms with van der Waals surface area (Å²) in [5, 5.41) is 4.87. The summed E-state index contributed by atoms with van der Waals surface area (Å²) in [6.07, 6.45) is 0.282. The zero-order valence-corrected chi connectivity index (χ0v) is 22.0. The van der Waals surface area contributed by atoms with Gasteiger partial charge in [0, 0.05) is 26.2 Å². The molecule has 0 saturated carbocycles. The number of carbonyl (C=O) groups is 4. The molecule has 2 aromatic rings. The third kappa shape index (κ3) is 9.89. The van der Waals surface area contributed by atoms with Crippen LogP contribution < -0.4 is 31.6 Å². The second-order valence-corrected chi connectivity index (χ2v) is 8.07. The number of esters is 2. The number of nitrogens with one attached hydrogen (secondary N) is 2. The molecule has 0 bridgehead atoms. The van der Waals surface area contributed by atoms with Crippen LogP contribution in [0.5, 0.6) is 11.5 Å². The van der Waals surface area contributed by atoms with E-state index in [1.54, 1.807) is 60.7 Å². The highest BCUT2D eigenvalue weighted by Crippen LogP contribution is 2.22. The molecule has 12 nitrogen and oxygen atoms in total. The van der Waals surface area contributed by atoms with Crippen molar-refractivity contribution in [1.29, 1.82) is 0 Å². The number of amides is 2. The summed E-state index contributed by atoms with van der Waals surface area (Å²) >= 11 is 0. The van der Waals surface area contributed by atoms with E-state index in [1.807, 2.05) is 0 Å². The van der Waals surface area contributed by atoms with E-state index in [0.717, 1.165) is 0 Å². The molecule has 0 spiro atoms. The molecule has 0 radical (unpaired) electrons. The predicted octanol–water partition coefficient (Wildman–Crippen LogP) is 0.490. The summed E-state index contributed by atoms with van der Waals surface area (Å²) in [4.78, 5) is 50.8. The lowest BCUT2D eigenvalue weighted by Gasteiger charge is -2.22. The first-order valence-electron chi connectivity index (χ1n) is 12.4. The van der Waals surface area contributed by atoms with Gasteiger partial charge in [0.1, 0.15) is 11.5 Å². The molecular formula is C28H34N4O8. The van der Waals surface area contributed by atoms with E-state index in [0.29, 0.717) is 24.0 Å². The number of benzene rings is 2. The van der Waals surface area contributed by atoms with E-state index >= 15 is 0 Å². The van der Waals surface area contributed by atoms with Crippen molar-refractivity contribution in [3.05, 3.63) is 85.0 Å². The van der Waals surface area contributed by atoms with Gasteiger partial charge in [0.2, 0.25) is 0 Å². The van der Waals surface area contributed by atoms with E-state index in [9.17, 15) is 19.2 Å². The Balaban J connectivity index is 2.24. The summed E-state index contributed by atoms with van der Waals surface area (Å²) in [7, 11) is 0. The molecule has 0 saturated heterocycles. The quantitative estimate of drug-likeness (QED) is 0.0986. The lowest BCUT2D eigenvalue weighted by Crippen LogP contribution is -2.46. The van der Waals surface area contributed by atoms with Gasteiger partial charge in [-0.2, -0.15) is 0 Å². The second kappa shape index (κ2) is 17.0. The van der Waals surface area contributed by atoms with Crippen molar-refractivity contribution in [2.45, 2.75) is 25.4 Å². The third-order valence-corrected chi connectivity index (χ3v) is 5.05. The van der Waals surface area contributed by atoms with E-state index in [1.165, 1.54) is 0 Å². The van der Waals surface area contributed by atoms with Crippen LogP contribution in [-0.4, -0.2) is 62.5 Å². The SMILES string of the molecule is C=CCc1ccccc1OC(OC(=O)C(=O)OC(Oc1ccccc1CC=C)C(=O)NCCN)C(=O)NCCN. The Morgan fingerprint density at radius 2 is 1.07 bits per heavy atom. The number of para-hydroxylation sites is 2. The highest BCUT2D eigenvalue weighted by molar-refractivity contribution is 6.30. The van der Waals surface area contributed by atoms with E-state index in [-0.39, 0.29) is 37.7 Å². The first-order valence-corrected chi connectivity index (χ1v) is 12.4. The van der Waals surface area contributed by atoms with Crippen molar-refractivity contribution in [2.24, 2.45) is 11.5 Å². The van der Waals surface area contributed by atoms with E-state index in [4.69, 9.17) is 30.4 Å². The van der Waals surface area contributed by atoms with E-state index in [2.05, 4.69) is 23.8 Å². The monoisotopic (exact) mass is 554 g/mol. The van der Waals surface area contributed by atoms with Crippen molar-refractivity contribution < 1.29 is 38.1 Å². The molecule has 2 atom stereocenters. The fourth-order valence-corrected chi connectivity index (χ4v) is 3.23. The first-order chi connectivity index (χ1) is 19.3. The lowest BCUT2D eigenvalue weighted by molar-refractivity contribution is -0.192. The van der Waals surface area contributed by atoms with Crippen molar-refractivity contribution in [2.75, 3.05) is 26.2 Å². The molecule has 2 rings (SSSR count). The zero-order chi connectivity index (χ0) is 29.3. The highest BCUT2D eigenvalue weighted by atomic mass is 16.7. The third-order valence-electron chi connectivity index (χ3n) is 5.05. The molecule has 0 aliphatic rings. The highest BCUT2D eigenvalue weighted by Gasteiger charge is 2.34.